The Morgan fingerprint density at radius 2 is 2.04 bits per heavy atom. The Morgan fingerprint density at radius 1 is 1.29 bits per heavy atom. The van der Waals surface area contributed by atoms with Gasteiger partial charge < -0.3 is 21.1 Å². The number of hydrogen-bond acceptors (Lipinski definition) is 7. The van der Waals surface area contributed by atoms with Crippen LogP contribution in [0.15, 0.2) is 52.8 Å². The van der Waals surface area contributed by atoms with Crippen LogP contribution < -0.4 is 16.4 Å². The summed E-state index contributed by atoms with van der Waals surface area (Å²) in [6.45, 7) is 3.79. The molecule has 1 aliphatic heterocycles. The molecule has 0 saturated carbocycles. The van der Waals surface area contributed by atoms with Crippen LogP contribution in [0.2, 0.25) is 0 Å². The summed E-state index contributed by atoms with van der Waals surface area (Å²) < 4.78 is 5.24. The highest BCUT2D eigenvalue weighted by Crippen LogP contribution is 2.30. The molecule has 9 heteroatoms. The third kappa shape index (κ3) is 4.61. The molecule has 8 nitrogen and oxygen atoms in total. The molecule has 146 valence electrons. The standard InChI is InChI=1S/C19H21N5O3S/c1-3-27-17(25)15-13(10-28-19-21-11(2)9-14(20)23-19)22-18(26)24-16(15)12-7-5-4-6-8-12/h4-9,16H,3,10H2,1-2H3,(H2,20,21,23)(H2,22,24,26). The molecule has 2 amide bonds. The van der Waals surface area contributed by atoms with Crippen LogP contribution in [0.3, 0.4) is 0 Å². The molecule has 1 atom stereocenters. The van der Waals surface area contributed by atoms with E-state index in [2.05, 4.69) is 20.6 Å². The summed E-state index contributed by atoms with van der Waals surface area (Å²) in [7, 11) is 0. The van der Waals surface area contributed by atoms with Crippen molar-refractivity contribution in [3.05, 3.63) is 58.9 Å². The minimum atomic E-state index is -0.604. The summed E-state index contributed by atoms with van der Waals surface area (Å²) in [5.74, 6) is 0.170. The van der Waals surface area contributed by atoms with E-state index in [0.29, 0.717) is 22.2 Å². The topological polar surface area (TPSA) is 119 Å². The molecule has 1 aliphatic rings. The van der Waals surface area contributed by atoms with Crippen molar-refractivity contribution in [3.8, 4) is 0 Å². The van der Waals surface area contributed by atoms with Gasteiger partial charge in [0.2, 0.25) is 0 Å². The zero-order valence-corrected chi connectivity index (χ0v) is 16.4. The number of urea groups is 1. The van der Waals surface area contributed by atoms with E-state index in [4.69, 9.17) is 10.5 Å². The molecule has 0 spiro atoms. The molecule has 0 saturated heterocycles. The van der Waals surface area contributed by atoms with Crippen LogP contribution in [0.5, 0.6) is 0 Å². The van der Waals surface area contributed by atoms with Gasteiger partial charge >= 0.3 is 12.0 Å². The summed E-state index contributed by atoms with van der Waals surface area (Å²) in [5.41, 5.74) is 8.13. The maximum atomic E-state index is 12.7. The second-order valence-electron chi connectivity index (χ2n) is 6.06. The maximum absolute atomic E-state index is 12.7. The van der Waals surface area contributed by atoms with E-state index in [0.717, 1.165) is 11.3 Å². The number of rotatable bonds is 6. The lowest BCUT2D eigenvalue weighted by molar-refractivity contribution is -0.139. The van der Waals surface area contributed by atoms with Gasteiger partial charge in [-0.1, -0.05) is 42.1 Å². The molecule has 3 rings (SSSR count). The van der Waals surface area contributed by atoms with Crippen molar-refractivity contribution < 1.29 is 14.3 Å². The fourth-order valence-corrected chi connectivity index (χ4v) is 3.72. The normalized spacial score (nSPS) is 16.4. The van der Waals surface area contributed by atoms with Gasteiger partial charge in [0.1, 0.15) is 5.82 Å². The number of amides is 2. The number of aromatic nitrogens is 2. The molecular weight excluding hydrogens is 378 g/mol. The van der Waals surface area contributed by atoms with Crippen LogP contribution in [0.1, 0.15) is 24.2 Å². The molecule has 0 bridgehead atoms. The number of nitrogens with one attached hydrogen (secondary N) is 2. The highest BCUT2D eigenvalue weighted by Gasteiger charge is 2.33. The Balaban J connectivity index is 1.96. The smallest absolute Gasteiger partial charge is 0.338 e. The largest absolute Gasteiger partial charge is 0.463 e. The Hall–Kier alpha value is -3.07. The first-order valence-electron chi connectivity index (χ1n) is 8.74. The van der Waals surface area contributed by atoms with Crippen molar-refractivity contribution in [1.29, 1.82) is 0 Å². The summed E-state index contributed by atoms with van der Waals surface area (Å²) >= 11 is 1.28. The minimum Gasteiger partial charge on any atom is -0.463 e. The van der Waals surface area contributed by atoms with E-state index < -0.39 is 12.0 Å². The zero-order valence-electron chi connectivity index (χ0n) is 15.6. The summed E-state index contributed by atoms with van der Waals surface area (Å²) in [6, 6.07) is 9.96. The highest BCUT2D eigenvalue weighted by molar-refractivity contribution is 7.99. The van der Waals surface area contributed by atoms with Gasteiger partial charge in [0.25, 0.3) is 0 Å². The molecule has 28 heavy (non-hydrogen) atoms. The third-order valence-corrected chi connectivity index (χ3v) is 4.85. The Bertz CT molecular complexity index is 897. The molecule has 0 aliphatic carbocycles. The van der Waals surface area contributed by atoms with Crippen LogP contribution >= 0.6 is 11.8 Å². The molecular formula is C19H21N5O3S. The van der Waals surface area contributed by atoms with Gasteiger partial charge in [0.15, 0.2) is 5.16 Å². The molecule has 1 unspecified atom stereocenters. The van der Waals surface area contributed by atoms with Gasteiger partial charge in [-0.25, -0.2) is 19.6 Å². The first kappa shape index (κ1) is 19.7. The zero-order chi connectivity index (χ0) is 20.1. The number of hydrogen-bond donors (Lipinski definition) is 3. The second-order valence-corrected chi connectivity index (χ2v) is 7.00. The number of benzene rings is 1. The number of ether oxygens (including phenoxy) is 1. The van der Waals surface area contributed by atoms with E-state index >= 15 is 0 Å². The molecule has 0 radical (unpaired) electrons. The van der Waals surface area contributed by atoms with Crippen molar-refractivity contribution in [3.63, 3.8) is 0 Å². The molecule has 1 aromatic carbocycles. The summed E-state index contributed by atoms with van der Waals surface area (Å²) in [5, 5.41) is 5.99. The molecule has 2 aromatic rings. The fourth-order valence-electron chi connectivity index (χ4n) is 2.84. The van der Waals surface area contributed by atoms with Crippen molar-refractivity contribution in [2.45, 2.75) is 25.0 Å². The van der Waals surface area contributed by atoms with Crippen molar-refractivity contribution >= 4 is 29.6 Å². The summed E-state index contributed by atoms with van der Waals surface area (Å²) in [4.78, 5) is 33.4. The Kier molecular flexibility index (Phi) is 6.15. The van der Waals surface area contributed by atoms with Crippen LogP contribution in [-0.4, -0.2) is 34.3 Å². The Labute approximate surface area is 167 Å². The first-order valence-corrected chi connectivity index (χ1v) is 9.73. The van der Waals surface area contributed by atoms with Crippen molar-refractivity contribution in [1.82, 2.24) is 20.6 Å². The van der Waals surface area contributed by atoms with Crippen LogP contribution in [0.4, 0.5) is 10.6 Å². The Morgan fingerprint density at radius 3 is 2.71 bits per heavy atom. The maximum Gasteiger partial charge on any atom is 0.338 e. The average molecular weight is 399 g/mol. The SMILES string of the molecule is CCOC(=O)C1=C(CSc2nc(C)cc(N)n2)NC(=O)NC1c1ccccc1. The fraction of sp³-hybridized carbons (Fsp3) is 0.263. The predicted molar refractivity (Wildman–Crippen MR) is 106 cm³/mol. The molecule has 1 aromatic heterocycles. The van der Waals surface area contributed by atoms with E-state index in [9.17, 15) is 9.59 Å². The van der Waals surface area contributed by atoms with Gasteiger partial charge in [0, 0.05) is 23.2 Å². The summed E-state index contributed by atoms with van der Waals surface area (Å²) in [6.07, 6.45) is 0. The quantitative estimate of drug-likeness (QED) is 0.387. The number of aryl methyl sites for hydroxylation is 1. The van der Waals surface area contributed by atoms with E-state index in [1.165, 1.54) is 11.8 Å². The predicted octanol–water partition coefficient (Wildman–Crippen LogP) is 2.33. The number of carbonyl (C=O) groups is 2. The highest BCUT2D eigenvalue weighted by atomic mass is 32.2. The molecule has 2 heterocycles. The lowest BCUT2D eigenvalue weighted by Crippen LogP contribution is -2.46. The molecule has 0 fully saturated rings. The van der Waals surface area contributed by atoms with Gasteiger partial charge in [0.05, 0.1) is 18.2 Å². The van der Waals surface area contributed by atoms with Gasteiger partial charge in [-0.15, -0.1) is 0 Å². The lowest BCUT2D eigenvalue weighted by Gasteiger charge is -2.29. The molecule has 4 N–H and O–H groups in total. The van der Waals surface area contributed by atoms with Crippen molar-refractivity contribution in [2.75, 3.05) is 18.1 Å². The van der Waals surface area contributed by atoms with Gasteiger partial charge in [-0.2, -0.15) is 0 Å². The van der Waals surface area contributed by atoms with E-state index in [1.807, 2.05) is 37.3 Å². The number of anilines is 1. The number of nitrogen functional groups attached to an aromatic ring is 1. The first-order chi connectivity index (χ1) is 13.5. The average Bonchev–Trinajstić information content (AvgIpc) is 2.66. The van der Waals surface area contributed by atoms with Crippen LogP contribution in [0, 0.1) is 6.92 Å². The van der Waals surface area contributed by atoms with Crippen LogP contribution in [0.25, 0.3) is 0 Å². The van der Waals surface area contributed by atoms with E-state index in [-0.39, 0.29) is 18.4 Å². The number of carbonyl (C=O) groups excluding carboxylic acids is 2. The third-order valence-electron chi connectivity index (χ3n) is 3.98. The number of nitrogens with zero attached hydrogens (tertiary/aromatic N) is 2. The van der Waals surface area contributed by atoms with E-state index in [1.54, 1.807) is 13.0 Å². The van der Waals surface area contributed by atoms with Gasteiger partial charge in [-0.3, -0.25) is 0 Å². The second kappa shape index (κ2) is 8.75. The number of nitrogens with two attached hydrogens (primary N) is 1. The number of thioether (sulfide) groups is 1. The number of esters is 1. The van der Waals surface area contributed by atoms with Crippen LogP contribution in [-0.2, 0) is 9.53 Å². The van der Waals surface area contributed by atoms with Crippen molar-refractivity contribution in [2.24, 2.45) is 0 Å². The van der Waals surface area contributed by atoms with Gasteiger partial charge in [-0.05, 0) is 19.4 Å². The lowest BCUT2D eigenvalue weighted by atomic mass is 9.95. The monoisotopic (exact) mass is 399 g/mol. The minimum absolute atomic E-state index is 0.232.